The van der Waals surface area contributed by atoms with Crippen LogP contribution in [0.1, 0.15) is 5.82 Å². The summed E-state index contributed by atoms with van der Waals surface area (Å²) >= 11 is 6.13. The Labute approximate surface area is 192 Å². The number of nitrogen functional groups attached to an aromatic ring is 1. The van der Waals surface area contributed by atoms with E-state index in [4.69, 9.17) is 26.8 Å². The molecular weight excluding hydrogens is 430 g/mol. The number of nitrogens with two attached hydrogens (primary N) is 1. The van der Waals surface area contributed by atoms with Crippen molar-refractivity contribution in [3.63, 3.8) is 0 Å². The molecule has 3 aromatic rings. The normalized spacial score (nSPS) is 14.3. The van der Waals surface area contributed by atoms with Gasteiger partial charge in [0, 0.05) is 60.8 Å². The molecule has 2 aromatic carbocycles. The van der Waals surface area contributed by atoms with Gasteiger partial charge in [-0.2, -0.15) is 15.0 Å². The zero-order valence-corrected chi connectivity index (χ0v) is 18.8. The summed E-state index contributed by atoms with van der Waals surface area (Å²) in [5.74, 6) is 2.48. The maximum atomic E-state index is 6.13. The molecule has 0 spiro atoms. The highest BCUT2D eigenvalue weighted by Crippen LogP contribution is 2.27. The van der Waals surface area contributed by atoms with Crippen LogP contribution in [0.15, 0.2) is 42.5 Å². The highest BCUT2D eigenvalue weighted by Gasteiger charge is 2.19. The average molecular weight is 456 g/mol. The Balaban J connectivity index is 1.41. The molecule has 1 aliphatic rings. The summed E-state index contributed by atoms with van der Waals surface area (Å²) in [6.07, 6.45) is 0. The zero-order valence-electron chi connectivity index (χ0n) is 18.1. The maximum absolute atomic E-state index is 6.13. The van der Waals surface area contributed by atoms with E-state index in [0.29, 0.717) is 29.8 Å². The van der Waals surface area contributed by atoms with Gasteiger partial charge in [0.25, 0.3) is 0 Å². The zero-order chi connectivity index (χ0) is 22.5. The molecule has 0 atom stereocenters. The summed E-state index contributed by atoms with van der Waals surface area (Å²) in [7, 11) is 3.20. The number of halogens is 1. The maximum Gasteiger partial charge on any atom is 0.232 e. The molecule has 0 radical (unpaired) electrons. The molecule has 10 heteroatoms. The standard InChI is InChI=1S/C22H26ClN7O2/c1-31-18-11-16(12-19(13-18)32-2)25-22-27-20(26-21(24)28-22)14-29-6-8-30(9-7-29)17-5-3-4-15(23)10-17/h3-5,10-13H,6-9,14H2,1-2H3,(H3,24,25,26,27,28). The van der Waals surface area contributed by atoms with Gasteiger partial charge in [-0.3, -0.25) is 4.90 Å². The van der Waals surface area contributed by atoms with Gasteiger partial charge in [0.05, 0.1) is 20.8 Å². The summed E-state index contributed by atoms with van der Waals surface area (Å²) in [6.45, 7) is 4.15. The van der Waals surface area contributed by atoms with Gasteiger partial charge in [-0.15, -0.1) is 0 Å². The van der Waals surface area contributed by atoms with E-state index in [1.165, 1.54) is 0 Å². The van der Waals surface area contributed by atoms with E-state index in [-0.39, 0.29) is 5.95 Å². The van der Waals surface area contributed by atoms with Gasteiger partial charge in [-0.1, -0.05) is 17.7 Å². The van der Waals surface area contributed by atoms with Crippen LogP contribution in [0.5, 0.6) is 11.5 Å². The predicted molar refractivity (Wildman–Crippen MR) is 126 cm³/mol. The van der Waals surface area contributed by atoms with Crippen LogP contribution in [-0.4, -0.2) is 60.3 Å². The van der Waals surface area contributed by atoms with Crippen molar-refractivity contribution in [3.8, 4) is 11.5 Å². The number of rotatable bonds is 7. The molecule has 1 aliphatic heterocycles. The van der Waals surface area contributed by atoms with Gasteiger partial charge in [0.15, 0.2) is 0 Å². The third kappa shape index (κ3) is 5.49. The van der Waals surface area contributed by atoms with E-state index in [1.54, 1.807) is 20.3 Å². The third-order valence-electron chi connectivity index (χ3n) is 5.22. The van der Waals surface area contributed by atoms with Crippen LogP contribution in [-0.2, 0) is 6.54 Å². The minimum atomic E-state index is 0.171. The molecule has 4 rings (SSSR count). The number of ether oxygens (including phenoxy) is 2. The Bertz CT molecular complexity index is 1050. The van der Waals surface area contributed by atoms with Crippen molar-refractivity contribution in [1.82, 2.24) is 19.9 Å². The SMILES string of the molecule is COc1cc(Nc2nc(N)nc(CN3CCN(c4cccc(Cl)c4)CC3)n2)cc(OC)c1. The predicted octanol–water partition coefficient (Wildman–Crippen LogP) is 3.19. The van der Waals surface area contributed by atoms with Crippen LogP contribution in [0.2, 0.25) is 5.02 Å². The number of nitrogens with zero attached hydrogens (tertiary/aromatic N) is 5. The first-order chi connectivity index (χ1) is 15.5. The first kappa shape index (κ1) is 21.9. The average Bonchev–Trinajstić information content (AvgIpc) is 2.79. The lowest BCUT2D eigenvalue weighted by molar-refractivity contribution is 0.244. The lowest BCUT2D eigenvalue weighted by Gasteiger charge is -2.35. The molecule has 0 aliphatic carbocycles. The fraction of sp³-hybridized carbons (Fsp3) is 0.318. The Morgan fingerprint density at radius 3 is 2.34 bits per heavy atom. The van der Waals surface area contributed by atoms with Crippen molar-refractivity contribution >= 4 is 34.9 Å². The number of anilines is 4. The summed E-state index contributed by atoms with van der Waals surface area (Å²) in [6, 6.07) is 13.4. The van der Waals surface area contributed by atoms with Gasteiger partial charge < -0.3 is 25.4 Å². The minimum Gasteiger partial charge on any atom is -0.497 e. The fourth-order valence-corrected chi connectivity index (χ4v) is 3.79. The summed E-state index contributed by atoms with van der Waals surface area (Å²) < 4.78 is 10.6. The Morgan fingerprint density at radius 2 is 1.69 bits per heavy atom. The van der Waals surface area contributed by atoms with Crippen molar-refractivity contribution in [2.45, 2.75) is 6.54 Å². The molecule has 2 heterocycles. The van der Waals surface area contributed by atoms with Gasteiger partial charge in [-0.05, 0) is 18.2 Å². The van der Waals surface area contributed by atoms with Crippen molar-refractivity contribution in [2.24, 2.45) is 0 Å². The molecule has 1 saturated heterocycles. The van der Waals surface area contributed by atoms with E-state index in [1.807, 2.05) is 30.3 Å². The highest BCUT2D eigenvalue weighted by molar-refractivity contribution is 6.30. The molecule has 168 valence electrons. The van der Waals surface area contributed by atoms with E-state index in [9.17, 15) is 0 Å². The van der Waals surface area contributed by atoms with Crippen LogP contribution < -0.4 is 25.4 Å². The van der Waals surface area contributed by atoms with Crippen molar-refractivity contribution in [2.75, 3.05) is 56.3 Å². The van der Waals surface area contributed by atoms with Crippen LogP contribution >= 0.6 is 11.6 Å². The summed E-state index contributed by atoms with van der Waals surface area (Å²) in [5, 5.41) is 3.91. The second kappa shape index (κ2) is 9.88. The fourth-order valence-electron chi connectivity index (χ4n) is 3.61. The van der Waals surface area contributed by atoms with E-state index >= 15 is 0 Å². The van der Waals surface area contributed by atoms with Crippen LogP contribution in [0.4, 0.5) is 23.3 Å². The van der Waals surface area contributed by atoms with Gasteiger partial charge in [0.1, 0.15) is 17.3 Å². The van der Waals surface area contributed by atoms with E-state index < -0.39 is 0 Å². The largest absolute Gasteiger partial charge is 0.497 e. The molecule has 0 unspecified atom stereocenters. The Morgan fingerprint density at radius 1 is 0.969 bits per heavy atom. The minimum absolute atomic E-state index is 0.171. The Hall–Kier alpha value is -3.30. The molecular formula is C22H26ClN7O2. The van der Waals surface area contributed by atoms with Crippen LogP contribution in [0.25, 0.3) is 0 Å². The molecule has 1 aromatic heterocycles. The molecule has 32 heavy (non-hydrogen) atoms. The van der Waals surface area contributed by atoms with Crippen molar-refractivity contribution < 1.29 is 9.47 Å². The highest BCUT2D eigenvalue weighted by atomic mass is 35.5. The summed E-state index contributed by atoms with van der Waals surface area (Å²) in [5.41, 5.74) is 7.82. The van der Waals surface area contributed by atoms with Gasteiger partial charge >= 0.3 is 0 Å². The summed E-state index contributed by atoms with van der Waals surface area (Å²) in [4.78, 5) is 17.7. The number of piperazine rings is 1. The van der Waals surface area contributed by atoms with Gasteiger partial charge in [-0.25, -0.2) is 0 Å². The first-order valence-corrected chi connectivity index (χ1v) is 10.6. The molecule has 3 N–H and O–H groups in total. The molecule has 1 fully saturated rings. The third-order valence-corrected chi connectivity index (χ3v) is 5.45. The molecule has 0 saturated carbocycles. The second-order valence-corrected chi connectivity index (χ2v) is 7.84. The number of hydrogen-bond acceptors (Lipinski definition) is 9. The lowest BCUT2D eigenvalue weighted by Crippen LogP contribution is -2.46. The number of hydrogen-bond donors (Lipinski definition) is 2. The topological polar surface area (TPSA) is 102 Å². The number of benzene rings is 2. The number of nitrogens with one attached hydrogen (secondary N) is 1. The van der Waals surface area contributed by atoms with Crippen molar-refractivity contribution in [3.05, 3.63) is 53.3 Å². The first-order valence-electron chi connectivity index (χ1n) is 10.3. The lowest BCUT2D eigenvalue weighted by atomic mass is 10.2. The van der Waals surface area contributed by atoms with Crippen molar-refractivity contribution in [1.29, 1.82) is 0 Å². The van der Waals surface area contributed by atoms with E-state index in [2.05, 4.69) is 36.1 Å². The number of methoxy groups -OCH3 is 2. The molecule has 0 bridgehead atoms. The van der Waals surface area contributed by atoms with E-state index in [0.717, 1.165) is 42.6 Å². The van der Waals surface area contributed by atoms with Gasteiger partial charge in [0.2, 0.25) is 11.9 Å². The number of aromatic nitrogens is 3. The monoisotopic (exact) mass is 455 g/mol. The van der Waals surface area contributed by atoms with Crippen LogP contribution in [0, 0.1) is 0 Å². The van der Waals surface area contributed by atoms with Crippen LogP contribution in [0.3, 0.4) is 0 Å². The molecule has 9 nitrogen and oxygen atoms in total. The Kier molecular flexibility index (Phi) is 6.77. The smallest absolute Gasteiger partial charge is 0.232 e. The quantitative estimate of drug-likeness (QED) is 0.556. The second-order valence-electron chi connectivity index (χ2n) is 7.40. The molecule has 0 amide bonds.